The second-order valence-corrected chi connectivity index (χ2v) is 6.29. The number of hydrogen-bond donors (Lipinski definition) is 0. The van der Waals surface area contributed by atoms with E-state index in [9.17, 15) is 4.79 Å². The molecule has 2 aliphatic rings. The van der Waals surface area contributed by atoms with Gasteiger partial charge in [0, 0.05) is 20.2 Å². The normalized spacial score (nSPS) is 26.0. The average molecular weight is 268 g/mol. The Kier molecular flexibility index (Phi) is 5.22. The summed E-state index contributed by atoms with van der Waals surface area (Å²) in [6, 6.07) is 0.0499. The van der Waals surface area contributed by atoms with Crippen LogP contribution >= 0.6 is 0 Å². The number of likely N-dealkylation sites (tertiary alicyclic amines) is 1. The van der Waals surface area contributed by atoms with Gasteiger partial charge in [0.2, 0.25) is 5.91 Å². The summed E-state index contributed by atoms with van der Waals surface area (Å²) in [5.41, 5.74) is 0. The molecule has 0 saturated carbocycles. The lowest BCUT2D eigenvalue weighted by Gasteiger charge is -2.33. The number of ether oxygens (including phenoxy) is 1. The number of nitrogens with zero attached hydrogens (tertiary/aromatic N) is 2. The van der Waals surface area contributed by atoms with Crippen molar-refractivity contribution < 1.29 is 9.53 Å². The molecule has 0 aliphatic carbocycles. The van der Waals surface area contributed by atoms with Gasteiger partial charge in [0.1, 0.15) is 0 Å². The van der Waals surface area contributed by atoms with Gasteiger partial charge in [-0.05, 0) is 44.7 Å². The maximum absolute atomic E-state index is 12.7. The molecule has 2 fully saturated rings. The molecule has 0 bridgehead atoms. The molecule has 2 saturated heterocycles. The standard InChI is InChI=1S/C15H28N2O2/c1-12(2)14(17-8-4-5-9-17)15(18)16(3)11-13-7-6-10-19-13/h12-14H,4-11H2,1-3H3. The molecule has 2 atom stereocenters. The zero-order chi connectivity index (χ0) is 13.8. The molecule has 2 aliphatic heterocycles. The molecule has 1 amide bonds. The molecular formula is C15H28N2O2. The first-order chi connectivity index (χ1) is 9.09. The largest absolute Gasteiger partial charge is 0.376 e. The molecule has 0 N–H and O–H groups in total. The number of rotatable bonds is 5. The third-order valence-corrected chi connectivity index (χ3v) is 4.30. The van der Waals surface area contributed by atoms with Crippen molar-refractivity contribution in [2.45, 2.75) is 51.7 Å². The Morgan fingerprint density at radius 2 is 2.00 bits per heavy atom. The monoisotopic (exact) mass is 268 g/mol. The fraction of sp³-hybridized carbons (Fsp3) is 0.933. The van der Waals surface area contributed by atoms with E-state index in [0.29, 0.717) is 5.92 Å². The van der Waals surface area contributed by atoms with Crippen molar-refractivity contribution in [2.24, 2.45) is 5.92 Å². The highest BCUT2D eigenvalue weighted by atomic mass is 16.5. The zero-order valence-corrected chi connectivity index (χ0v) is 12.6. The van der Waals surface area contributed by atoms with E-state index >= 15 is 0 Å². The summed E-state index contributed by atoms with van der Waals surface area (Å²) < 4.78 is 5.63. The number of carbonyl (C=O) groups excluding carboxylic acids is 1. The predicted octanol–water partition coefficient (Wildman–Crippen LogP) is 1.74. The van der Waals surface area contributed by atoms with Crippen molar-refractivity contribution in [1.82, 2.24) is 9.80 Å². The number of likely N-dealkylation sites (N-methyl/N-ethyl adjacent to an activating group) is 1. The van der Waals surface area contributed by atoms with Crippen LogP contribution in [0.4, 0.5) is 0 Å². The Labute approximate surface area is 117 Å². The molecule has 4 heteroatoms. The van der Waals surface area contributed by atoms with E-state index in [-0.39, 0.29) is 18.1 Å². The van der Waals surface area contributed by atoms with E-state index in [2.05, 4.69) is 18.7 Å². The quantitative estimate of drug-likeness (QED) is 0.761. The summed E-state index contributed by atoms with van der Waals surface area (Å²) in [6.45, 7) is 8.05. The Morgan fingerprint density at radius 1 is 1.32 bits per heavy atom. The Morgan fingerprint density at radius 3 is 2.53 bits per heavy atom. The van der Waals surface area contributed by atoms with Crippen molar-refractivity contribution in [2.75, 3.05) is 33.3 Å². The van der Waals surface area contributed by atoms with Gasteiger partial charge in [0.25, 0.3) is 0 Å². The number of amides is 1. The van der Waals surface area contributed by atoms with E-state index in [0.717, 1.165) is 39.1 Å². The highest BCUT2D eigenvalue weighted by Crippen LogP contribution is 2.20. The SMILES string of the molecule is CC(C)C(C(=O)N(C)CC1CCCO1)N1CCCC1. The maximum atomic E-state index is 12.7. The minimum Gasteiger partial charge on any atom is -0.376 e. The van der Waals surface area contributed by atoms with Gasteiger partial charge in [-0.1, -0.05) is 13.8 Å². The van der Waals surface area contributed by atoms with Gasteiger partial charge in [-0.15, -0.1) is 0 Å². The Balaban J connectivity index is 1.93. The molecule has 0 radical (unpaired) electrons. The van der Waals surface area contributed by atoms with Crippen molar-refractivity contribution in [1.29, 1.82) is 0 Å². The lowest BCUT2D eigenvalue weighted by molar-refractivity contribution is -0.138. The number of carbonyl (C=O) groups is 1. The summed E-state index contributed by atoms with van der Waals surface area (Å²) in [7, 11) is 1.93. The van der Waals surface area contributed by atoms with Crippen LogP contribution in [0.3, 0.4) is 0 Å². The van der Waals surface area contributed by atoms with Crippen LogP contribution in [0, 0.1) is 5.92 Å². The molecule has 0 aromatic carbocycles. The summed E-state index contributed by atoms with van der Waals surface area (Å²) in [4.78, 5) is 16.9. The van der Waals surface area contributed by atoms with Crippen molar-refractivity contribution in [3.05, 3.63) is 0 Å². The third kappa shape index (κ3) is 3.69. The minimum atomic E-state index is 0.0499. The smallest absolute Gasteiger partial charge is 0.240 e. The van der Waals surface area contributed by atoms with E-state index in [4.69, 9.17) is 4.74 Å². The van der Waals surface area contributed by atoms with Crippen LogP contribution in [-0.4, -0.2) is 61.1 Å². The third-order valence-electron chi connectivity index (χ3n) is 4.30. The molecule has 2 heterocycles. The first-order valence-electron chi connectivity index (χ1n) is 7.70. The van der Waals surface area contributed by atoms with Gasteiger partial charge in [-0.2, -0.15) is 0 Å². The van der Waals surface area contributed by atoms with Gasteiger partial charge >= 0.3 is 0 Å². The molecule has 2 unspecified atom stereocenters. The fourth-order valence-corrected chi connectivity index (χ4v) is 3.29. The van der Waals surface area contributed by atoms with Crippen LogP contribution in [0.2, 0.25) is 0 Å². The van der Waals surface area contributed by atoms with Crippen LogP contribution in [0.1, 0.15) is 39.5 Å². The van der Waals surface area contributed by atoms with Gasteiger partial charge in [0.05, 0.1) is 12.1 Å². The summed E-state index contributed by atoms with van der Waals surface area (Å²) >= 11 is 0. The van der Waals surface area contributed by atoms with Crippen LogP contribution in [0.5, 0.6) is 0 Å². The van der Waals surface area contributed by atoms with Gasteiger partial charge in [-0.25, -0.2) is 0 Å². The van der Waals surface area contributed by atoms with Crippen LogP contribution in [0.15, 0.2) is 0 Å². The number of hydrogen-bond acceptors (Lipinski definition) is 3. The summed E-state index contributed by atoms with van der Waals surface area (Å²) in [6.07, 6.45) is 4.93. The fourth-order valence-electron chi connectivity index (χ4n) is 3.29. The van der Waals surface area contributed by atoms with Gasteiger partial charge in [0.15, 0.2) is 0 Å². The van der Waals surface area contributed by atoms with Crippen LogP contribution in [-0.2, 0) is 9.53 Å². The second-order valence-electron chi connectivity index (χ2n) is 6.29. The highest BCUT2D eigenvalue weighted by Gasteiger charge is 2.33. The van der Waals surface area contributed by atoms with E-state index < -0.39 is 0 Å². The van der Waals surface area contributed by atoms with E-state index in [1.807, 2.05) is 11.9 Å². The maximum Gasteiger partial charge on any atom is 0.240 e. The first-order valence-corrected chi connectivity index (χ1v) is 7.70. The first kappa shape index (κ1) is 14.8. The molecule has 0 aromatic heterocycles. The van der Waals surface area contributed by atoms with Gasteiger partial charge in [-0.3, -0.25) is 9.69 Å². The van der Waals surface area contributed by atoms with E-state index in [1.54, 1.807) is 0 Å². The summed E-state index contributed by atoms with van der Waals surface area (Å²) in [5.74, 6) is 0.643. The lowest BCUT2D eigenvalue weighted by Crippen LogP contribution is -2.50. The lowest BCUT2D eigenvalue weighted by atomic mass is 10.0. The topological polar surface area (TPSA) is 32.8 Å². The summed E-state index contributed by atoms with van der Waals surface area (Å²) in [5, 5.41) is 0. The second kappa shape index (κ2) is 6.71. The molecule has 2 rings (SSSR count). The van der Waals surface area contributed by atoms with Gasteiger partial charge < -0.3 is 9.64 Å². The molecule has 0 spiro atoms. The Bertz CT molecular complexity index is 295. The van der Waals surface area contributed by atoms with Crippen molar-refractivity contribution in [3.8, 4) is 0 Å². The van der Waals surface area contributed by atoms with Crippen LogP contribution < -0.4 is 0 Å². The Hall–Kier alpha value is -0.610. The van der Waals surface area contributed by atoms with Crippen LogP contribution in [0.25, 0.3) is 0 Å². The zero-order valence-electron chi connectivity index (χ0n) is 12.6. The highest BCUT2D eigenvalue weighted by molar-refractivity contribution is 5.82. The van der Waals surface area contributed by atoms with Crippen molar-refractivity contribution in [3.63, 3.8) is 0 Å². The average Bonchev–Trinajstić information content (AvgIpc) is 3.01. The van der Waals surface area contributed by atoms with E-state index in [1.165, 1.54) is 12.8 Å². The molecule has 0 aromatic rings. The minimum absolute atomic E-state index is 0.0499. The molecule has 19 heavy (non-hydrogen) atoms. The molecule has 110 valence electrons. The molecule has 4 nitrogen and oxygen atoms in total. The molecular weight excluding hydrogens is 240 g/mol. The predicted molar refractivity (Wildman–Crippen MR) is 76.0 cm³/mol. The van der Waals surface area contributed by atoms with Crippen molar-refractivity contribution >= 4 is 5.91 Å².